The number of morpholine rings is 1. The van der Waals surface area contributed by atoms with Gasteiger partial charge in [-0.15, -0.1) is 0 Å². The number of hydrogen-bond acceptors (Lipinski definition) is 7. The Bertz CT molecular complexity index is 1530. The molecule has 0 unspecified atom stereocenters. The number of likely N-dealkylation sites (N-methyl/N-ethyl adjacent to an activating group) is 1. The summed E-state index contributed by atoms with van der Waals surface area (Å²) in [5.41, 5.74) is -3.59. The van der Waals surface area contributed by atoms with Crippen molar-refractivity contribution in [3.63, 3.8) is 0 Å². The van der Waals surface area contributed by atoms with Gasteiger partial charge in [0.05, 0.1) is 34.6 Å². The van der Waals surface area contributed by atoms with E-state index in [1.54, 1.807) is 4.90 Å². The number of anilines is 3. The number of carbonyl (C=O) groups excluding carboxylic acids is 1. The molecule has 0 radical (unpaired) electrons. The molecule has 2 aromatic carbocycles. The Morgan fingerprint density at radius 3 is 2.23 bits per heavy atom. The van der Waals surface area contributed by atoms with Crippen LogP contribution in [0.15, 0.2) is 36.7 Å². The molecule has 0 aliphatic carbocycles. The van der Waals surface area contributed by atoms with Crippen molar-refractivity contribution in [2.45, 2.75) is 45.2 Å². The molecule has 8 nitrogen and oxygen atoms in total. The van der Waals surface area contributed by atoms with Gasteiger partial charge in [-0.3, -0.25) is 4.79 Å². The first-order valence-corrected chi connectivity index (χ1v) is 14.1. The minimum absolute atomic E-state index is 0.0291. The van der Waals surface area contributed by atoms with Crippen LogP contribution in [0.1, 0.15) is 36.7 Å². The number of halogens is 6. The monoisotopic (exact) mass is 622 g/mol. The molecular weight excluding hydrogens is 590 g/mol. The van der Waals surface area contributed by atoms with Crippen LogP contribution in [0.5, 0.6) is 0 Å². The molecule has 3 aromatic rings. The summed E-state index contributed by atoms with van der Waals surface area (Å²) in [6, 6.07) is 2.58. The fraction of sp³-hybridized carbons (Fsp3) is 0.433. The molecule has 44 heavy (non-hydrogen) atoms. The van der Waals surface area contributed by atoms with E-state index in [-0.39, 0.29) is 35.6 Å². The fourth-order valence-electron chi connectivity index (χ4n) is 5.59. The lowest BCUT2D eigenvalue weighted by Crippen LogP contribution is -2.50. The molecule has 2 fully saturated rings. The number of nitrogens with one attached hydrogen (secondary N) is 1. The van der Waals surface area contributed by atoms with Crippen LogP contribution in [0.25, 0.3) is 11.1 Å². The maximum Gasteiger partial charge on any atom is 0.417 e. The molecule has 236 valence electrons. The molecular formula is C30H32F6N6O2. The third kappa shape index (κ3) is 6.46. The van der Waals surface area contributed by atoms with Gasteiger partial charge in [-0.1, -0.05) is 0 Å². The van der Waals surface area contributed by atoms with E-state index in [4.69, 9.17) is 4.74 Å². The fourth-order valence-corrected chi connectivity index (χ4v) is 5.59. The summed E-state index contributed by atoms with van der Waals surface area (Å²) in [6.45, 7) is 7.96. The van der Waals surface area contributed by atoms with E-state index in [1.807, 2.05) is 37.6 Å². The number of hydrogen-bond donors (Lipinski definition) is 1. The van der Waals surface area contributed by atoms with E-state index in [0.717, 1.165) is 6.07 Å². The van der Waals surface area contributed by atoms with Gasteiger partial charge >= 0.3 is 6.18 Å². The largest absolute Gasteiger partial charge is 0.417 e. The van der Waals surface area contributed by atoms with Gasteiger partial charge in [-0.25, -0.2) is 23.1 Å². The summed E-state index contributed by atoms with van der Waals surface area (Å²) < 4.78 is 92.6. The van der Waals surface area contributed by atoms with Crippen molar-refractivity contribution in [2.75, 3.05) is 54.9 Å². The van der Waals surface area contributed by atoms with Crippen molar-refractivity contribution >= 4 is 23.2 Å². The highest BCUT2D eigenvalue weighted by Gasteiger charge is 2.37. The second-order valence-corrected chi connectivity index (χ2v) is 11.3. The first-order chi connectivity index (χ1) is 20.7. The highest BCUT2D eigenvalue weighted by atomic mass is 19.4. The number of piperazine rings is 1. The summed E-state index contributed by atoms with van der Waals surface area (Å²) in [4.78, 5) is 27.4. The number of nitrogens with zero attached hydrogens (tertiary/aromatic N) is 5. The summed E-state index contributed by atoms with van der Waals surface area (Å²) in [5, 5.41) is 2.24. The van der Waals surface area contributed by atoms with E-state index >= 15 is 8.78 Å². The molecule has 2 aliphatic heterocycles. The van der Waals surface area contributed by atoms with Crippen molar-refractivity contribution < 1.29 is 35.9 Å². The van der Waals surface area contributed by atoms with Crippen molar-refractivity contribution in [3.8, 4) is 11.1 Å². The topological polar surface area (TPSA) is 73.8 Å². The molecule has 2 saturated heterocycles. The van der Waals surface area contributed by atoms with Gasteiger partial charge in [0.15, 0.2) is 5.82 Å². The number of carbonyl (C=O) groups is 1. The van der Waals surface area contributed by atoms with Gasteiger partial charge in [0, 0.05) is 62.8 Å². The van der Waals surface area contributed by atoms with Gasteiger partial charge in [0.2, 0.25) is 5.95 Å². The molecule has 5 rings (SSSR count). The quantitative estimate of drug-likeness (QED) is 0.373. The van der Waals surface area contributed by atoms with Gasteiger partial charge in [0.25, 0.3) is 5.91 Å². The number of rotatable bonds is 5. The summed E-state index contributed by atoms with van der Waals surface area (Å²) in [7, 11) is 1.89. The van der Waals surface area contributed by atoms with Crippen LogP contribution < -0.4 is 15.1 Å². The maximum atomic E-state index is 16.4. The van der Waals surface area contributed by atoms with Crippen LogP contribution >= 0.6 is 0 Å². The zero-order valence-corrected chi connectivity index (χ0v) is 24.6. The Morgan fingerprint density at radius 1 is 0.955 bits per heavy atom. The molecule has 14 heteroatoms. The number of aromatic nitrogens is 2. The van der Waals surface area contributed by atoms with Crippen molar-refractivity contribution in [1.29, 1.82) is 0 Å². The molecule has 0 bridgehead atoms. The van der Waals surface area contributed by atoms with Crippen LogP contribution in [0.2, 0.25) is 0 Å². The standard InChI is InChI=1S/C30H32F6N6O2/c1-16-13-41(8-7-40(16)4)24-10-23(32)25(19-11-37-29(38-12-19)42-14-17(2)44-18(3)15-42)26(33)27(24)39-28(43)21-6-5-20(31)9-22(21)30(34,35)36/h5-6,9-12,16-18H,7-8,13-15H2,1-4H3,(H,39,43)/t16-,17+,18+/m0/s1. The smallest absolute Gasteiger partial charge is 0.372 e. The first-order valence-electron chi connectivity index (χ1n) is 14.1. The average Bonchev–Trinajstić information content (AvgIpc) is 2.95. The van der Waals surface area contributed by atoms with Gasteiger partial charge in [-0.05, 0) is 46.0 Å². The van der Waals surface area contributed by atoms with E-state index in [0.29, 0.717) is 50.8 Å². The summed E-state index contributed by atoms with van der Waals surface area (Å²) >= 11 is 0. The van der Waals surface area contributed by atoms with Crippen LogP contribution in [-0.4, -0.2) is 78.8 Å². The Morgan fingerprint density at radius 2 is 1.61 bits per heavy atom. The van der Waals surface area contributed by atoms with Crippen molar-refractivity contribution in [2.24, 2.45) is 0 Å². The lowest BCUT2D eigenvalue weighted by Gasteiger charge is -2.39. The Hall–Kier alpha value is -3.91. The third-order valence-corrected chi connectivity index (χ3v) is 7.90. The van der Waals surface area contributed by atoms with Crippen LogP contribution in [0, 0.1) is 17.5 Å². The Balaban J connectivity index is 1.56. The number of benzene rings is 2. The molecule has 3 atom stereocenters. The molecule has 1 N–H and O–H groups in total. The molecule has 3 heterocycles. The third-order valence-electron chi connectivity index (χ3n) is 7.90. The lowest BCUT2D eigenvalue weighted by atomic mass is 10.0. The summed E-state index contributed by atoms with van der Waals surface area (Å²) in [6.07, 6.45) is -2.72. The van der Waals surface area contributed by atoms with Crippen LogP contribution in [0.3, 0.4) is 0 Å². The molecule has 0 saturated carbocycles. The highest BCUT2D eigenvalue weighted by Crippen LogP contribution is 2.40. The van der Waals surface area contributed by atoms with Crippen LogP contribution in [-0.2, 0) is 10.9 Å². The minimum Gasteiger partial charge on any atom is -0.372 e. The molecule has 2 aliphatic rings. The number of amides is 1. The molecule has 0 spiro atoms. The predicted molar refractivity (Wildman–Crippen MR) is 153 cm³/mol. The van der Waals surface area contributed by atoms with E-state index in [1.165, 1.54) is 12.4 Å². The normalized spacial score (nSPS) is 21.5. The second kappa shape index (κ2) is 12.2. The Labute approximate surface area is 250 Å². The van der Waals surface area contributed by atoms with E-state index in [9.17, 15) is 22.4 Å². The van der Waals surface area contributed by atoms with Gasteiger partial charge in [0.1, 0.15) is 17.3 Å². The van der Waals surface area contributed by atoms with Gasteiger partial charge < -0.3 is 24.8 Å². The zero-order valence-electron chi connectivity index (χ0n) is 24.6. The van der Waals surface area contributed by atoms with E-state index in [2.05, 4.69) is 15.3 Å². The van der Waals surface area contributed by atoms with Crippen molar-refractivity contribution in [3.05, 3.63) is 65.2 Å². The molecule has 1 amide bonds. The van der Waals surface area contributed by atoms with E-state index < -0.39 is 51.9 Å². The average molecular weight is 623 g/mol. The second-order valence-electron chi connectivity index (χ2n) is 11.3. The minimum atomic E-state index is -5.06. The zero-order chi connectivity index (χ0) is 31.9. The van der Waals surface area contributed by atoms with Crippen molar-refractivity contribution in [1.82, 2.24) is 14.9 Å². The number of ether oxygens (including phenoxy) is 1. The highest BCUT2D eigenvalue weighted by molar-refractivity contribution is 6.07. The number of alkyl halides is 3. The summed E-state index contributed by atoms with van der Waals surface area (Å²) in [5.74, 6) is -4.37. The SMILES string of the molecule is C[C@@H]1CN(c2ncc(-c3c(F)cc(N4CCN(C)[C@@H](C)C4)c(NC(=O)c4ccc(F)cc4C(F)(F)F)c3F)cn2)C[C@@H](C)O1. The first kappa shape index (κ1) is 31.5. The maximum absolute atomic E-state index is 16.4. The predicted octanol–water partition coefficient (Wildman–Crippen LogP) is 5.59. The van der Waals surface area contributed by atoms with Gasteiger partial charge in [-0.2, -0.15) is 13.2 Å². The molecule has 1 aromatic heterocycles. The lowest BCUT2D eigenvalue weighted by molar-refractivity contribution is -0.138. The Kier molecular flexibility index (Phi) is 8.76. The van der Waals surface area contributed by atoms with Crippen LogP contribution in [0.4, 0.5) is 43.7 Å².